The van der Waals surface area contributed by atoms with Gasteiger partial charge in [0.05, 0.1) is 6.54 Å². The largest absolute Gasteiger partial charge is 0.481 e. The Morgan fingerprint density at radius 3 is 2.48 bits per heavy atom. The van der Waals surface area contributed by atoms with Crippen molar-refractivity contribution in [2.24, 2.45) is 0 Å². The van der Waals surface area contributed by atoms with Crippen molar-refractivity contribution in [3.05, 3.63) is 65.2 Å². The highest BCUT2D eigenvalue weighted by Gasteiger charge is 2.26. The number of rotatable bonds is 7. The van der Waals surface area contributed by atoms with E-state index in [0.717, 1.165) is 5.56 Å². The van der Waals surface area contributed by atoms with Crippen LogP contribution >= 0.6 is 11.6 Å². The first-order valence-electron chi connectivity index (χ1n) is 9.75. The van der Waals surface area contributed by atoms with Crippen LogP contribution in [0.5, 0.6) is 5.75 Å². The van der Waals surface area contributed by atoms with Gasteiger partial charge in [0.25, 0.3) is 5.91 Å². The third kappa shape index (κ3) is 6.48. The lowest BCUT2D eigenvalue weighted by molar-refractivity contribution is -0.139. The molecule has 1 N–H and O–H groups in total. The van der Waals surface area contributed by atoms with E-state index in [-0.39, 0.29) is 11.8 Å². The van der Waals surface area contributed by atoms with Crippen LogP contribution in [0.4, 0.5) is 0 Å². The van der Waals surface area contributed by atoms with Crippen LogP contribution < -0.4 is 10.1 Å². The minimum atomic E-state index is -0.589. The fourth-order valence-electron chi connectivity index (χ4n) is 3.23. The van der Waals surface area contributed by atoms with Crippen LogP contribution in [-0.2, 0) is 16.1 Å². The summed E-state index contributed by atoms with van der Waals surface area (Å²) in [6, 6.07) is 16.8. The summed E-state index contributed by atoms with van der Waals surface area (Å²) < 4.78 is 5.72. The van der Waals surface area contributed by atoms with Gasteiger partial charge in [0.1, 0.15) is 5.75 Å². The molecule has 1 unspecified atom stereocenters. The number of piperazine rings is 1. The SMILES string of the molecule is CC(Oc1cccc(Cl)c1)C(=O)N1CCN(CC(=O)NCc2ccccc2)CC1. The fourth-order valence-corrected chi connectivity index (χ4v) is 3.41. The van der Waals surface area contributed by atoms with Gasteiger partial charge in [-0.2, -0.15) is 0 Å². The Labute approximate surface area is 176 Å². The highest BCUT2D eigenvalue weighted by molar-refractivity contribution is 6.30. The van der Waals surface area contributed by atoms with Crippen LogP contribution in [0.15, 0.2) is 54.6 Å². The van der Waals surface area contributed by atoms with Crippen LogP contribution in [0.2, 0.25) is 5.02 Å². The Balaban J connectivity index is 1.40. The molecule has 0 saturated carbocycles. The molecule has 3 rings (SSSR count). The highest BCUT2D eigenvalue weighted by Crippen LogP contribution is 2.19. The lowest BCUT2D eigenvalue weighted by atomic mass is 10.2. The number of benzene rings is 2. The molecule has 29 heavy (non-hydrogen) atoms. The summed E-state index contributed by atoms with van der Waals surface area (Å²) in [5.74, 6) is 0.511. The standard InChI is InChI=1S/C22H26ClN3O3/c1-17(29-20-9-5-8-19(23)14-20)22(28)26-12-10-25(11-13-26)16-21(27)24-15-18-6-3-2-4-7-18/h2-9,14,17H,10-13,15-16H2,1H3,(H,24,27). The van der Waals surface area contributed by atoms with Gasteiger partial charge >= 0.3 is 0 Å². The van der Waals surface area contributed by atoms with Crippen molar-refractivity contribution in [2.45, 2.75) is 19.6 Å². The lowest BCUT2D eigenvalue weighted by Gasteiger charge is -2.35. The zero-order chi connectivity index (χ0) is 20.6. The lowest BCUT2D eigenvalue weighted by Crippen LogP contribution is -2.53. The first-order valence-corrected chi connectivity index (χ1v) is 10.1. The number of carbonyl (C=O) groups is 2. The molecule has 2 amide bonds. The van der Waals surface area contributed by atoms with Crippen molar-refractivity contribution >= 4 is 23.4 Å². The Hall–Kier alpha value is -2.57. The van der Waals surface area contributed by atoms with E-state index in [9.17, 15) is 9.59 Å². The second-order valence-corrected chi connectivity index (χ2v) is 7.52. The van der Waals surface area contributed by atoms with Gasteiger partial charge in [-0.3, -0.25) is 14.5 Å². The van der Waals surface area contributed by atoms with E-state index >= 15 is 0 Å². The van der Waals surface area contributed by atoms with E-state index in [1.54, 1.807) is 36.1 Å². The molecule has 1 atom stereocenters. The van der Waals surface area contributed by atoms with Gasteiger partial charge in [-0.1, -0.05) is 48.0 Å². The first-order chi connectivity index (χ1) is 14.0. The molecular formula is C22H26ClN3O3. The zero-order valence-corrected chi connectivity index (χ0v) is 17.3. The molecule has 2 aromatic rings. The molecule has 1 fully saturated rings. The Morgan fingerprint density at radius 1 is 1.07 bits per heavy atom. The number of nitrogens with zero attached hydrogens (tertiary/aromatic N) is 2. The van der Waals surface area contributed by atoms with E-state index in [2.05, 4.69) is 10.2 Å². The fraction of sp³-hybridized carbons (Fsp3) is 0.364. The van der Waals surface area contributed by atoms with Crippen molar-refractivity contribution in [2.75, 3.05) is 32.7 Å². The number of hydrogen-bond acceptors (Lipinski definition) is 4. The van der Waals surface area contributed by atoms with Crippen LogP contribution in [-0.4, -0.2) is 60.4 Å². The van der Waals surface area contributed by atoms with Gasteiger partial charge < -0.3 is 15.0 Å². The smallest absolute Gasteiger partial charge is 0.263 e. The molecule has 1 aliphatic rings. The molecule has 0 bridgehead atoms. The van der Waals surface area contributed by atoms with Gasteiger partial charge in [0.2, 0.25) is 5.91 Å². The van der Waals surface area contributed by atoms with Crippen LogP contribution in [0.1, 0.15) is 12.5 Å². The van der Waals surface area contributed by atoms with Gasteiger partial charge in [0, 0.05) is 37.7 Å². The number of hydrogen-bond donors (Lipinski definition) is 1. The molecular weight excluding hydrogens is 390 g/mol. The predicted octanol–water partition coefficient (Wildman–Crippen LogP) is 2.57. The predicted molar refractivity (Wildman–Crippen MR) is 113 cm³/mol. The number of carbonyl (C=O) groups excluding carboxylic acids is 2. The third-order valence-corrected chi connectivity index (χ3v) is 5.08. The first kappa shape index (κ1) is 21.1. The van der Waals surface area contributed by atoms with Gasteiger partial charge in [0.15, 0.2) is 6.10 Å². The molecule has 7 heteroatoms. The summed E-state index contributed by atoms with van der Waals surface area (Å²) in [5, 5.41) is 3.51. The monoisotopic (exact) mass is 415 g/mol. The summed E-state index contributed by atoms with van der Waals surface area (Å²) >= 11 is 5.96. The van der Waals surface area contributed by atoms with Gasteiger partial charge in [-0.25, -0.2) is 0 Å². The second-order valence-electron chi connectivity index (χ2n) is 7.08. The quantitative estimate of drug-likeness (QED) is 0.755. The average molecular weight is 416 g/mol. The summed E-state index contributed by atoms with van der Waals surface area (Å²) in [6.07, 6.45) is -0.589. The molecule has 0 aromatic heterocycles. The molecule has 1 heterocycles. The molecule has 1 aliphatic heterocycles. The van der Waals surface area contributed by atoms with Gasteiger partial charge in [-0.05, 0) is 30.7 Å². The minimum Gasteiger partial charge on any atom is -0.481 e. The van der Waals surface area contributed by atoms with Crippen molar-refractivity contribution in [3.8, 4) is 5.75 Å². The van der Waals surface area contributed by atoms with Crippen molar-refractivity contribution in [1.82, 2.24) is 15.1 Å². The Morgan fingerprint density at radius 2 is 1.79 bits per heavy atom. The number of nitrogens with one attached hydrogen (secondary N) is 1. The van der Waals surface area contributed by atoms with Crippen LogP contribution in [0, 0.1) is 0 Å². The Bertz CT molecular complexity index is 823. The maximum absolute atomic E-state index is 12.6. The summed E-state index contributed by atoms with van der Waals surface area (Å²) in [4.78, 5) is 28.7. The molecule has 154 valence electrons. The molecule has 2 aromatic carbocycles. The molecule has 0 spiro atoms. The molecule has 6 nitrogen and oxygen atoms in total. The maximum Gasteiger partial charge on any atom is 0.263 e. The van der Waals surface area contributed by atoms with E-state index in [1.165, 1.54) is 0 Å². The molecule has 0 radical (unpaired) electrons. The normalized spacial score (nSPS) is 15.6. The van der Waals surface area contributed by atoms with Crippen molar-refractivity contribution in [3.63, 3.8) is 0 Å². The van der Waals surface area contributed by atoms with E-state index in [4.69, 9.17) is 16.3 Å². The van der Waals surface area contributed by atoms with Crippen LogP contribution in [0.25, 0.3) is 0 Å². The van der Waals surface area contributed by atoms with Crippen LogP contribution in [0.3, 0.4) is 0 Å². The highest BCUT2D eigenvalue weighted by atomic mass is 35.5. The van der Waals surface area contributed by atoms with Crippen molar-refractivity contribution in [1.29, 1.82) is 0 Å². The zero-order valence-electron chi connectivity index (χ0n) is 16.5. The third-order valence-electron chi connectivity index (χ3n) is 4.84. The van der Waals surface area contributed by atoms with E-state index in [0.29, 0.717) is 50.0 Å². The summed E-state index contributed by atoms with van der Waals surface area (Å²) in [7, 11) is 0. The number of ether oxygens (including phenoxy) is 1. The van der Waals surface area contributed by atoms with Crippen molar-refractivity contribution < 1.29 is 14.3 Å². The topological polar surface area (TPSA) is 61.9 Å². The Kier molecular flexibility index (Phi) is 7.49. The number of halogens is 1. The molecule has 0 aliphatic carbocycles. The maximum atomic E-state index is 12.6. The second kappa shape index (κ2) is 10.3. The number of amides is 2. The average Bonchev–Trinajstić information content (AvgIpc) is 2.73. The minimum absolute atomic E-state index is 0.00807. The van der Waals surface area contributed by atoms with E-state index < -0.39 is 6.10 Å². The van der Waals surface area contributed by atoms with E-state index in [1.807, 2.05) is 30.3 Å². The molecule has 1 saturated heterocycles. The van der Waals surface area contributed by atoms with Gasteiger partial charge in [-0.15, -0.1) is 0 Å². The summed E-state index contributed by atoms with van der Waals surface area (Å²) in [5.41, 5.74) is 1.07. The summed E-state index contributed by atoms with van der Waals surface area (Å²) in [6.45, 7) is 5.08.